The summed E-state index contributed by atoms with van der Waals surface area (Å²) in [5.74, 6) is 1.20. The van der Waals surface area contributed by atoms with Crippen molar-refractivity contribution in [1.29, 1.82) is 0 Å². The molecule has 0 radical (unpaired) electrons. The second kappa shape index (κ2) is 8.90. The van der Waals surface area contributed by atoms with E-state index in [2.05, 4.69) is 30.9 Å². The number of aromatic nitrogens is 3. The number of nitrogens with zero attached hydrogens (tertiary/aromatic N) is 3. The van der Waals surface area contributed by atoms with Crippen molar-refractivity contribution in [2.45, 2.75) is 26.3 Å². The molecule has 28 heavy (non-hydrogen) atoms. The lowest BCUT2D eigenvalue weighted by molar-refractivity contribution is -0.115. The maximum atomic E-state index is 13.2. The monoisotopic (exact) mass is 380 g/mol. The molecule has 0 aliphatic carbocycles. The summed E-state index contributed by atoms with van der Waals surface area (Å²) in [6, 6.07) is 9.61. The third kappa shape index (κ3) is 5.23. The summed E-state index contributed by atoms with van der Waals surface area (Å²) in [6.07, 6.45) is 5.09. The van der Waals surface area contributed by atoms with E-state index < -0.39 is 0 Å². The number of hydrogen-bond acceptors (Lipinski definition) is 6. The number of benzene rings is 1. The lowest BCUT2D eigenvalue weighted by Crippen LogP contribution is -2.12. The minimum atomic E-state index is -0.284. The Balaban J connectivity index is 1.85. The average molecular weight is 380 g/mol. The van der Waals surface area contributed by atoms with Crippen molar-refractivity contribution in [1.82, 2.24) is 15.0 Å². The molecular weight excluding hydrogens is 359 g/mol. The smallest absolute Gasteiger partial charge is 0.224 e. The highest BCUT2D eigenvalue weighted by Crippen LogP contribution is 2.24. The highest BCUT2D eigenvalue weighted by atomic mass is 19.1. The van der Waals surface area contributed by atoms with Gasteiger partial charge in [-0.3, -0.25) is 9.78 Å². The quantitative estimate of drug-likeness (QED) is 0.567. The van der Waals surface area contributed by atoms with Crippen LogP contribution in [0.5, 0.6) is 0 Å². The molecule has 0 fully saturated rings. The molecular formula is C20H21FN6O. The molecule has 8 heteroatoms. The molecule has 2 heterocycles. The first-order valence-electron chi connectivity index (χ1n) is 8.90. The maximum absolute atomic E-state index is 13.2. The Hall–Kier alpha value is -3.55. The van der Waals surface area contributed by atoms with Crippen LogP contribution in [0.15, 0.2) is 55.0 Å². The number of amides is 1. The Kier molecular flexibility index (Phi) is 6.11. The molecule has 0 bridgehead atoms. The lowest BCUT2D eigenvalue weighted by Gasteiger charge is -2.17. The van der Waals surface area contributed by atoms with Crippen LogP contribution in [0.2, 0.25) is 0 Å². The summed E-state index contributed by atoms with van der Waals surface area (Å²) in [4.78, 5) is 24.5. The highest BCUT2D eigenvalue weighted by molar-refractivity contribution is 5.91. The van der Waals surface area contributed by atoms with Crippen molar-refractivity contribution < 1.29 is 9.18 Å². The minimum absolute atomic E-state index is 0.103. The van der Waals surface area contributed by atoms with Crippen LogP contribution in [-0.4, -0.2) is 20.9 Å². The van der Waals surface area contributed by atoms with E-state index >= 15 is 0 Å². The topological polar surface area (TPSA) is 91.8 Å². The number of carbonyl (C=O) groups excluding carboxylic acids is 1. The van der Waals surface area contributed by atoms with Gasteiger partial charge in [0.15, 0.2) is 0 Å². The zero-order valence-electron chi connectivity index (χ0n) is 15.6. The van der Waals surface area contributed by atoms with Crippen LogP contribution < -0.4 is 16.0 Å². The first-order valence-corrected chi connectivity index (χ1v) is 8.90. The van der Waals surface area contributed by atoms with E-state index in [-0.39, 0.29) is 17.8 Å². The van der Waals surface area contributed by atoms with Crippen LogP contribution in [-0.2, 0) is 4.79 Å². The molecule has 0 aliphatic heterocycles. The van der Waals surface area contributed by atoms with Crippen LogP contribution in [0.3, 0.4) is 0 Å². The first-order chi connectivity index (χ1) is 13.5. The third-order valence-electron chi connectivity index (χ3n) is 3.98. The standard InChI is InChI=1S/C20H21FN6O/c1-3-20(28)25-16-10-17(24-13(2)14-4-6-15(21)7-5-14)26-18(11-16)27-19-12-22-8-9-23-19/h4-13H,3H2,1-2H3,(H3,23,24,25,26,27,28)/t13-/m0/s1. The number of rotatable bonds is 7. The van der Waals surface area contributed by atoms with E-state index in [0.717, 1.165) is 5.56 Å². The number of halogens is 1. The number of anilines is 4. The van der Waals surface area contributed by atoms with Gasteiger partial charge < -0.3 is 16.0 Å². The van der Waals surface area contributed by atoms with Gasteiger partial charge in [-0.2, -0.15) is 0 Å². The van der Waals surface area contributed by atoms with Crippen molar-refractivity contribution in [2.24, 2.45) is 0 Å². The fourth-order valence-corrected chi connectivity index (χ4v) is 2.54. The van der Waals surface area contributed by atoms with Gasteiger partial charge in [0.1, 0.15) is 23.3 Å². The van der Waals surface area contributed by atoms with Crippen LogP contribution in [0.25, 0.3) is 0 Å². The Bertz CT molecular complexity index is 933. The molecule has 1 atom stereocenters. The predicted octanol–water partition coefficient (Wildman–Crippen LogP) is 4.28. The molecule has 2 aromatic heterocycles. The predicted molar refractivity (Wildman–Crippen MR) is 107 cm³/mol. The van der Waals surface area contributed by atoms with Gasteiger partial charge in [-0.05, 0) is 24.6 Å². The van der Waals surface area contributed by atoms with Crippen LogP contribution in [0.1, 0.15) is 31.9 Å². The molecule has 0 spiro atoms. The number of carbonyl (C=O) groups is 1. The fourth-order valence-electron chi connectivity index (χ4n) is 2.54. The minimum Gasteiger partial charge on any atom is -0.363 e. The Labute approximate surface area is 162 Å². The Morgan fingerprint density at radius 2 is 1.86 bits per heavy atom. The van der Waals surface area contributed by atoms with Crippen molar-refractivity contribution >= 4 is 29.0 Å². The lowest BCUT2D eigenvalue weighted by atomic mass is 10.1. The normalized spacial score (nSPS) is 11.5. The summed E-state index contributed by atoms with van der Waals surface area (Å²) in [7, 11) is 0. The van der Waals surface area contributed by atoms with Gasteiger partial charge in [0.2, 0.25) is 5.91 Å². The van der Waals surface area contributed by atoms with Crippen molar-refractivity contribution in [2.75, 3.05) is 16.0 Å². The summed E-state index contributed by atoms with van der Waals surface area (Å²) >= 11 is 0. The average Bonchev–Trinajstić information content (AvgIpc) is 2.69. The van der Waals surface area contributed by atoms with E-state index in [1.807, 2.05) is 6.92 Å². The summed E-state index contributed by atoms with van der Waals surface area (Å²) < 4.78 is 13.2. The van der Waals surface area contributed by atoms with Crippen molar-refractivity contribution in [3.63, 3.8) is 0 Å². The molecule has 0 aliphatic rings. The van der Waals surface area contributed by atoms with Crippen LogP contribution in [0.4, 0.5) is 27.5 Å². The molecule has 0 saturated heterocycles. The van der Waals surface area contributed by atoms with E-state index in [0.29, 0.717) is 29.6 Å². The fraction of sp³-hybridized carbons (Fsp3) is 0.200. The molecule has 7 nitrogen and oxygen atoms in total. The van der Waals surface area contributed by atoms with Gasteiger partial charge >= 0.3 is 0 Å². The Morgan fingerprint density at radius 1 is 1.11 bits per heavy atom. The number of hydrogen-bond donors (Lipinski definition) is 3. The number of pyridine rings is 1. The van der Waals surface area contributed by atoms with Gasteiger partial charge in [0.05, 0.1) is 6.20 Å². The first kappa shape index (κ1) is 19.2. The van der Waals surface area contributed by atoms with Crippen molar-refractivity contribution in [3.8, 4) is 0 Å². The SMILES string of the molecule is CCC(=O)Nc1cc(Nc2cnccn2)nc(N[C@@H](C)c2ccc(F)cc2)c1. The van der Waals surface area contributed by atoms with Gasteiger partial charge in [-0.1, -0.05) is 19.1 Å². The third-order valence-corrected chi connectivity index (χ3v) is 3.98. The Morgan fingerprint density at radius 3 is 2.54 bits per heavy atom. The molecule has 1 amide bonds. The zero-order valence-corrected chi connectivity index (χ0v) is 15.6. The molecule has 3 rings (SSSR count). The molecule has 1 aromatic carbocycles. The van der Waals surface area contributed by atoms with Crippen molar-refractivity contribution in [3.05, 3.63) is 66.4 Å². The van der Waals surface area contributed by atoms with Gasteiger partial charge in [-0.25, -0.2) is 14.4 Å². The van der Waals surface area contributed by atoms with Crippen LogP contribution in [0, 0.1) is 5.82 Å². The second-order valence-corrected chi connectivity index (χ2v) is 6.16. The molecule has 0 unspecified atom stereocenters. The summed E-state index contributed by atoms with van der Waals surface area (Å²) in [5, 5.41) is 9.18. The summed E-state index contributed by atoms with van der Waals surface area (Å²) in [5.41, 5.74) is 1.51. The summed E-state index contributed by atoms with van der Waals surface area (Å²) in [6.45, 7) is 3.73. The molecule has 0 saturated carbocycles. The van der Waals surface area contributed by atoms with E-state index in [1.54, 1.807) is 49.8 Å². The zero-order chi connectivity index (χ0) is 19.9. The highest BCUT2D eigenvalue weighted by Gasteiger charge is 2.10. The maximum Gasteiger partial charge on any atom is 0.224 e. The van der Waals surface area contributed by atoms with E-state index in [4.69, 9.17) is 0 Å². The molecule has 144 valence electrons. The number of nitrogens with one attached hydrogen (secondary N) is 3. The van der Waals surface area contributed by atoms with Gasteiger partial charge in [0, 0.05) is 42.7 Å². The van der Waals surface area contributed by atoms with E-state index in [1.165, 1.54) is 12.1 Å². The van der Waals surface area contributed by atoms with E-state index in [9.17, 15) is 9.18 Å². The van der Waals surface area contributed by atoms with Crippen LogP contribution >= 0.6 is 0 Å². The molecule has 3 N–H and O–H groups in total. The molecule has 3 aromatic rings. The second-order valence-electron chi connectivity index (χ2n) is 6.16. The largest absolute Gasteiger partial charge is 0.363 e. The van der Waals surface area contributed by atoms with Gasteiger partial charge in [-0.15, -0.1) is 0 Å². The van der Waals surface area contributed by atoms with Gasteiger partial charge in [0.25, 0.3) is 0 Å².